The molecule has 4 heteroatoms. The molecular weight excluding hydrogens is 300 g/mol. The van der Waals surface area contributed by atoms with Gasteiger partial charge in [-0.15, -0.1) is 0 Å². The van der Waals surface area contributed by atoms with Gasteiger partial charge >= 0.3 is 0 Å². The van der Waals surface area contributed by atoms with E-state index in [9.17, 15) is 4.79 Å². The van der Waals surface area contributed by atoms with Gasteiger partial charge in [0.15, 0.2) is 0 Å². The predicted molar refractivity (Wildman–Crippen MR) is 95.9 cm³/mol. The van der Waals surface area contributed by atoms with Crippen LogP contribution in [0.4, 0.5) is 0 Å². The highest BCUT2D eigenvalue weighted by atomic mass is 16.5. The first-order chi connectivity index (χ1) is 11.6. The Labute approximate surface area is 145 Å². The van der Waals surface area contributed by atoms with E-state index in [0.29, 0.717) is 24.5 Å². The van der Waals surface area contributed by atoms with Crippen LogP contribution in [-0.2, 0) is 16.1 Å². The minimum absolute atomic E-state index is 0.163. The second-order valence-corrected chi connectivity index (χ2v) is 7.54. The molecule has 0 spiro atoms. The maximum atomic E-state index is 12.7. The zero-order valence-corrected chi connectivity index (χ0v) is 15.2. The summed E-state index contributed by atoms with van der Waals surface area (Å²) in [5, 5.41) is 0. The van der Waals surface area contributed by atoms with Crippen molar-refractivity contribution in [1.82, 2.24) is 9.80 Å². The highest BCUT2D eigenvalue weighted by molar-refractivity contribution is 5.80. The number of hydrogen-bond acceptors (Lipinski definition) is 3. The van der Waals surface area contributed by atoms with Crippen LogP contribution in [0.2, 0.25) is 0 Å². The fourth-order valence-corrected chi connectivity index (χ4v) is 4.01. The van der Waals surface area contributed by atoms with Crippen molar-refractivity contribution in [3.8, 4) is 0 Å². The van der Waals surface area contributed by atoms with Gasteiger partial charge in [0.2, 0.25) is 5.91 Å². The van der Waals surface area contributed by atoms with Gasteiger partial charge < -0.3 is 9.64 Å². The molecule has 0 aliphatic carbocycles. The first-order valence-electron chi connectivity index (χ1n) is 9.19. The lowest BCUT2D eigenvalue weighted by Crippen LogP contribution is -2.49. The molecule has 0 aromatic heterocycles. The van der Waals surface area contributed by atoms with Crippen molar-refractivity contribution in [3.05, 3.63) is 35.4 Å². The van der Waals surface area contributed by atoms with Crippen LogP contribution in [0.5, 0.6) is 0 Å². The van der Waals surface area contributed by atoms with Crippen molar-refractivity contribution in [3.63, 3.8) is 0 Å². The molecule has 1 aromatic carbocycles. The lowest BCUT2D eigenvalue weighted by Gasteiger charge is -2.35. The molecule has 24 heavy (non-hydrogen) atoms. The monoisotopic (exact) mass is 330 g/mol. The molecule has 0 N–H and O–H groups in total. The molecule has 1 amide bonds. The third-order valence-corrected chi connectivity index (χ3v) is 5.46. The topological polar surface area (TPSA) is 32.8 Å². The molecule has 3 fully saturated rings. The highest BCUT2D eigenvalue weighted by Crippen LogP contribution is 2.29. The number of benzene rings is 1. The molecule has 1 aromatic rings. The molecule has 0 radical (unpaired) electrons. The Morgan fingerprint density at radius 2 is 1.92 bits per heavy atom. The van der Waals surface area contributed by atoms with E-state index in [2.05, 4.69) is 47.9 Å². The molecule has 2 unspecified atom stereocenters. The van der Waals surface area contributed by atoms with Crippen molar-refractivity contribution in [2.24, 2.45) is 5.92 Å². The van der Waals surface area contributed by atoms with Gasteiger partial charge in [0.25, 0.3) is 0 Å². The third-order valence-electron chi connectivity index (χ3n) is 5.46. The van der Waals surface area contributed by atoms with Gasteiger partial charge in [-0.3, -0.25) is 9.69 Å². The molecule has 3 aliphatic rings. The summed E-state index contributed by atoms with van der Waals surface area (Å²) < 4.78 is 5.19. The smallest absolute Gasteiger partial charge is 0.227 e. The van der Waals surface area contributed by atoms with Gasteiger partial charge in [0.1, 0.15) is 0 Å². The number of carbonyl (C=O) groups is 1. The van der Waals surface area contributed by atoms with E-state index in [4.69, 9.17) is 4.74 Å². The molecule has 132 valence electrons. The summed E-state index contributed by atoms with van der Waals surface area (Å²) in [6.07, 6.45) is 2.17. The number of nitrogens with zero attached hydrogens (tertiary/aromatic N) is 2. The van der Waals surface area contributed by atoms with Crippen molar-refractivity contribution in [2.75, 3.05) is 33.4 Å². The Balaban J connectivity index is 1.66. The van der Waals surface area contributed by atoms with Gasteiger partial charge in [0.05, 0.1) is 12.5 Å². The molecular formula is C20H30N2O2. The highest BCUT2D eigenvalue weighted by Gasteiger charge is 2.40. The van der Waals surface area contributed by atoms with Gasteiger partial charge in [0, 0.05) is 39.3 Å². The molecule has 4 nitrogen and oxygen atoms in total. The van der Waals surface area contributed by atoms with E-state index in [1.54, 1.807) is 7.11 Å². The number of fused-ring (bicyclic) bond motifs is 4. The summed E-state index contributed by atoms with van der Waals surface area (Å²) in [6.45, 7) is 8.63. The lowest BCUT2D eigenvalue weighted by atomic mass is 9.94. The number of piperidine rings is 1. The molecule has 2 atom stereocenters. The summed E-state index contributed by atoms with van der Waals surface area (Å²) in [6, 6.07) is 9.31. The number of rotatable bonds is 6. The second-order valence-electron chi connectivity index (χ2n) is 7.54. The third kappa shape index (κ3) is 3.81. The summed E-state index contributed by atoms with van der Waals surface area (Å²) in [5.74, 6) is 1.07. The fraction of sp³-hybridized carbons (Fsp3) is 0.650. The first-order valence-corrected chi connectivity index (χ1v) is 9.19. The summed E-state index contributed by atoms with van der Waals surface area (Å²) in [7, 11) is 1.70. The standard InChI is InChI=1S/C20H30N2O2/c1-15(2)17-6-4-16(5-7-17)12-21-13-18-8-9-19(14-21)22(20(18)23)10-11-24-3/h4-7,15,18-19H,8-14H2,1-3H3. The van der Waals surface area contributed by atoms with E-state index in [1.807, 2.05) is 0 Å². The van der Waals surface area contributed by atoms with Gasteiger partial charge in [-0.2, -0.15) is 0 Å². The van der Waals surface area contributed by atoms with E-state index in [-0.39, 0.29) is 5.92 Å². The van der Waals surface area contributed by atoms with Crippen molar-refractivity contribution >= 4 is 5.91 Å². The van der Waals surface area contributed by atoms with Crippen molar-refractivity contribution in [2.45, 2.75) is 45.2 Å². The largest absolute Gasteiger partial charge is 0.383 e. The Morgan fingerprint density at radius 3 is 2.58 bits per heavy atom. The maximum Gasteiger partial charge on any atom is 0.227 e. The SMILES string of the molecule is COCCN1C(=O)C2CCC1CN(Cc1ccc(C(C)C)cc1)C2. The van der Waals surface area contributed by atoms with E-state index in [0.717, 1.165) is 39.0 Å². The van der Waals surface area contributed by atoms with Gasteiger partial charge in [-0.1, -0.05) is 38.1 Å². The lowest BCUT2D eigenvalue weighted by molar-refractivity contribution is -0.140. The number of amides is 1. The Hall–Kier alpha value is -1.39. The van der Waals surface area contributed by atoms with E-state index < -0.39 is 0 Å². The Kier molecular flexibility index (Phi) is 5.57. The molecule has 3 aliphatic heterocycles. The molecule has 0 saturated carbocycles. The van der Waals surface area contributed by atoms with Gasteiger partial charge in [-0.05, 0) is 29.9 Å². The molecule has 3 saturated heterocycles. The van der Waals surface area contributed by atoms with Gasteiger partial charge in [-0.25, -0.2) is 0 Å². The molecule has 3 heterocycles. The number of ether oxygens (including phenoxy) is 1. The number of hydrogen-bond donors (Lipinski definition) is 0. The van der Waals surface area contributed by atoms with Crippen LogP contribution in [0.1, 0.15) is 43.7 Å². The zero-order chi connectivity index (χ0) is 17.1. The van der Waals surface area contributed by atoms with Crippen LogP contribution in [0.25, 0.3) is 0 Å². The molecule has 2 bridgehead atoms. The maximum absolute atomic E-state index is 12.7. The Bertz CT molecular complexity index is 555. The Morgan fingerprint density at radius 1 is 1.17 bits per heavy atom. The van der Waals surface area contributed by atoms with Crippen LogP contribution < -0.4 is 0 Å². The van der Waals surface area contributed by atoms with Crippen LogP contribution >= 0.6 is 0 Å². The number of carbonyl (C=O) groups excluding carboxylic acids is 1. The molecule has 4 rings (SSSR count). The minimum atomic E-state index is 0.163. The van der Waals surface area contributed by atoms with Crippen molar-refractivity contribution < 1.29 is 9.53 Å². The van der Waals surface area contributed by atoms with Crippen LogP contribution in [0.15, 0.2) is 24.3 Å². The van der Waals surface area contributed by atoms with Crippen LogP contribution in [0.3, 0.4) is 0 Å². The fourth-order valence-electron chi connectivity index (χ4n) is 4.01. The normalized spacial score (nSPS) is 24.7. The average Bonchev–Trinajstić information content (AvgIpc) is 2.84. The van der Waals surface area contributed by atoms with E-state index in [1.165, 1.54) is 11.1 Å². The zero-order valence-electron chi connectivity index (χ0n) is 15.2. The van der Waals surface area contributed by atoms with Crippen molar-refractivity contribution in [1.29, 1.82) is 0 Å². The number of methoxy groups -OCH3 is 1. The average molecular weight is 330 g/mol. The van der Waals surface area contributed by atoms with Crippen LogP contribution in [-0.4, -0.2) is 55.1 Å². The summed E-state index contributed by atoms with van der Waals surface area (Å²) in [5.41, 5.74) is 2.73. The first kappa shape index (κ1) is 17.4. The minimum Gasteiger partial charge on any atom is -0.383 e. The summed E-state index contributed by atoms with van der Waals surface area (Å²) >= 11 is 0. The summed E-state index contributed by atoms with van der Waals surface area (Å²) in [4.78, 5) is 17.2. The quantitative estimate of drug-likeness (QED) is 0.804. The van der Waals surface area contributed by atoms with E-state index >= 15 is 0 Å². The second kappa shape index (κ2) is 7.66. The predicted octanol–water partition coefficient (Wildman–Crippen LogP) is 2.88. The van der Waals surface area contributed by atoms with Crippen LogP contribution in [0, 0.1) is 5.92 Å².